The molecule has 0 heterocycles. The summed E-state index contributed by atoms with van der Waals surface area (Å²) in [6, 6.07) is 7.95. The number of rotatable bonds is 6. The van der Waals surface area contributed by atoms with Gasteiger partial charge in [-0.15, -0.1) is 13.2 Å². The molecular formula is C13H18N2. The maximum Gasteiger partial charge on any atom is 0.0317 e. The lowest BCUT2D eigenvalue weighted by molar-refractivity contribution is 0.328. The first-order valence-corrected chi connectivity index (χ1v) is 5.05. The number of nitrogens with zero attached hydrogens (tertiary/aromatic N) is 1. The van der Waals surface area contributed by atoms with Gasteiger partial charge in [-0.1, -0.05) is 24.3 Å². The molecule has 2 nitrogen and oxygen atoms in total. The van der Waals surface area contributed by atoms with Gasteiger partial charge in [0.05, 0.1) is 0 Å². The first-order valence-electron chi connectivity index (χ1n) is 5.05. The Kier molecular flexibility index (Phi) is 4.64. The van der Waals surface area contributed by atoms with E-state index in [0.29, 0.717) is 0 Å². The predicted molar refractivity (Wildman–Crippen MR) is 66.5 cm³/mol. The molecule has 2 heteroatoms. The Hall–Kier alpha value is -1.54. The summed E-state index contributed by atoms with van der Waals surface area (Å²) in [5, 5.41) is 0. The molecular weight excluding hydrogens is 184 g/mol. The standard InChI is InChI=1S/C13H18N2/c1-3-8-15(9-4-2)11-12-6-5-7-13(14)10-12/h3-7,10H,1-2,8-9,11,14H2. The minimum atomic E-state index is 0.810. The maximum atomic E-state index is 5.72. The number of nitrogens with two attached hydrogens (primary N) is 1. The highest BCUT2D eigenvalue weighted by Gasteiger charge is 2.01. The highest BCUT2D eigenvalue weighted by atomic mass is 15.1. The Bertz CT molecular complexity index is 321. The van der Waals surface area contributed by atoms with Gasteiger partial charge in [0.2, 0.25) is 0 Å². The second-order valence-electron chi connectivity index (χ2n) is 3.52. The van der Waals surface area contributed by atoms with E-state index in [1.54, 1.807) is 0 Å². The van der Waals surface area contributed by atoms with Crippen LogP contribution in [0.3, 0.4) is 0 Å². The van der Waals surface area contributed by atoms with Crippen LogP contribution >= 0.6 is 0 Å². The fourth-order valence-corrected chi connectivity index (χ4v) is 1.52. The first kappa shape index (κ1) is 11.5. The van der Waals surface area contributed by atoms with E-state index in [1.165, 1.54) is 5.56 Å². The van der Waals surface area contributed by atoms with Crippen LogP contribution in [0.15, 0.2) is 49.6 Å². The number of hydrogen-bond donors (Lipinski definition) is 1. The van der Waals surface area contributed by atoms with Gasteiger partial charge in [-0.2, -0.15) is 0 Å². The van der Waals surface area contributed by atoms with Gasteiger partial charge in [0.25, 0.3) is 0 Å². The summed E-state index contributed by atoms with van der Waals surface area (Å²) >= 11 is 0. The molecule has 15 heavy (non-hydrogen) atoms. The first-order chi connectivity index (χ1) is 7.26. The number of hydrogen-bond acceptors (Lipinski definition) is 2. The highest BCUT2D eigenvalue weighted by molar-refractivity contribution is 5.40. The Morgan fingerprint density at radius 1 is 1.20 bits per heavy atom. The highest BCUT2D eigenvalue weighted by Crippen LogP contribution is 2.09. The van der Waals surface area contributed by atoms with Crippen molar-refractivity contribution in [3.05, 3.63) is 55.1 Å². The van der Waals surface area contributed by atoms with Crippen LogP contribution in [0.2, 0.25) is 0 Å². The number of nitrogen functional groups attached to an aromatic ring is 1. The summed E-state index contributed by atoms with van der Waals surface area (Å²) in [6.07, 6.45) is 3.80. The van der Waals surface area contributed by atoms with E-state index < -0.39 is 0 Å². The molecule has 0 amide bonds. The summed E-state index contributed by atoms with van der Waals surface area (Å²) < 4.78 is 0. The van der Waals surface area contributed by atoms with E-state index in [9.17, 15) is 0 Å². The molecule has 1 aromatic rings. The molecule has 0 atom stereocenters. The summed E-state index contributed by atoms with van der Waals surface area (Å²) in [5.74, 6) is 0. The van der Waals surface area contributed by atoms with Gasteiger partial charge in [0, 0.05) is 25.3 Å². The van der Waals surface area contributed by atoms with Crippen LogP contribution in [0, 0.1) is 0 Å². The Morgan fingerprint density at radius 3 is 2.40 bits per heavy atom. The molecule has 80 valence electrons. The maximum absolute atomic E-state index is 5.72. The average molecular weight is 202 g/mol. The molecule has 0 fully saturated rings. The summed E-state index contributed by atoms with van der Waals surface area (Å²) in [7, 11) is 0. The zero-order valence-electron chi connectivity index (χ0n) is 9.02. The largest absolute Gasteiger partial charge is 0.399 e. The number of anilines is 1. The fourth-order valence-electron chi connectivity index (χ4n) is 1.52. The van der Waals surface area contributed by atoms with Crippen LogP contribution in [0.25, 0.3) is 0 Å². The Balaban J connectivity index is 2.64. The van der Waals surface area contributed by atoms with Crippen molar-refractivity contribution in [2.24, 2.45) is 0 Å². The van der Waals surface area contributed by atoms with Gasteiger partial charge in [-0.3, -0.25) is 4.90 Å². The van der Waals surface area contributed by atoms with Gasteiger partial charge >= 0.3 is 0 Å². The van der Waals surface area contributed by atoms with Crippen LogP contribution in [-0.2, 0) is 6.54 Å². The van der Waals surface area contributed by atoms with Crippen molar-refractivity contribution in [2.45, 2.75) is 6.54 Å². The topological polar surface area (TPSA) is 29.3 Å². The quantitative estimate of drug-likeness (QED) is 0.567. The lowest BCUT2D eigenvalue weighted by Crippen LogP contribution is -2.23. The molecule has 0 aliphatic rings. The van der Waals surface area contributed by atoms with Gasteiger partial charge in [0.15, 0.2) is 0 Å². The minimum Gasteiger partial charge on any atom is -0.399 e. The Morgan fingerprint density at radius 2 is 1.87 bits per heavy atom. The Labute approximate surface area is 91.7 Å². The van der Waals surface area contributed by atoms with E-state index in [2.05, 4.69) is 24.1 Å². The van der Waals surface area contributed by atoms with Crippen molar-refractivity contribution in [1.82, 2.24) is 4.90 Å². The van der Waals surface area contributed by atoms with E-state index in [4.69, 9.17) is 5.73 Å². The lowest BCUT2D eigenvalue weighted by Gasteiger charge is -2.18. The second-order valence-corrected chi connectivity index (χ2v) is 3.52. The molecule has 2 N–H and O–H groups in total. The van der Waals surface area contributed by atoms with Crippen molar-refractivity contribution in [3.8, 4) is 0 Å². The third-order valence-corrected chi connectivity index (χ3v) is 2.13. The predicted octanol–water partition coefficient (Wildman–Crippen LogP) is 2.44. The van der Waals surface area contributed by atoms with E-state index in [1.807, 2.05) is 30.4 Å². The molecule has 0 saturated heterocycles. The average Bonchev–Trinajstić information content (AvgIpc) is 2.18. The van der Waals surface area contributed by atoms with Crippen LogP contribution in [0.4, 0.5) is 5.69 Å². The molecule has 1 rings (SSSR count). The molecule has 0 saturated carbocycles. The van der Waals surface area contributed by atoms with Crippen LogP contribution in [0.5, 0.6) is 0 Å². The molecule has 0 aliphatic carbocycles. The second kappa shape index (κ2) is 6.04. The van der Waals surface area contributed by atoms with Crippen molar-refractivity contribution in [2.75, 3.05) is 18.8 Å². The summed E-state index contributed by atoms with van der Waals surface area (Å²) in [4.78, 5) is 2.24. The van der Waals surface area contributed by atoms with Crippen molar-refractivity contribution in [3.63, 3.8) is 0 Å². The van der Waals surface area contributed by atoms with Crippen LogP contribution in [-0.4, -0.2) is 18.0 Å². The normalized spacial score (nSPS) is 10.2. The summed E-state index contributed by atoms with van der Waals surface area (Å²) in [5.41, 5.74) is 7.75. The fraction of sp³-hybridized carbons (Fsp3) is 0.231. The van der Waals surface area contributed by atoms with Crippen molar-refractivity contribution in [1.29, 1.82) is 0 Å². The van der Waals surface area contributed by atoms with Crippen molar-refractivity contribution >= 4 is 5.69 Å². The van der Waals surface area contributed by atoms with Gasteiger partial charge < -0.3 is 5.73 Å². The lowest BCUT2D eigenvalue weighted by atomic mass is 10.2. The molecule has 0 unspecified atom stereocenters. The zero-order valence-corrected chi connectivity index (χ0v) is 9.02. The minimum absolute atomic E-state index is 0.810. The third-order valence-electron chi connectivity index (χ3n) is 2.13. The molecule has 0 bridgehead atoms. The SMILES string of the molecule is C=CCN(CC=C)Cc1cccc(N)c1. The molecule has 0 spiro atoms. The van der Waals surface area contributed by atoms with Gasteiger partial charge in [-0.05, 0) is 17.7 Å². The summed E-state index contributed by atoms with van der Waals surface area (Å²) in [6.45, 7) is 10.1. The van der Waals surface area contributed by atoms with Crippen LogP contribution in [0.1, 0.15) is 5.56 Å². The molecule has 0 radical (unpaired) electrons. The molecule has 0 aromatic heterocycles. The van der Waals surface area contributed by atoms with Crippen LogP contribution < -0.4 is 5.73 Å². The molecule has 0 aliphatic heterocycles. The van der Waals surface area contributed by atoms with Gasteiger partial charge in [0.1, 0.15) is 0 Å². The van der Waals surface area contributed by atoms with E-state index in [0.717, 1.165) is 25.3 Å². The van der Waals surface area contributed by atoms with Gasteiger partial charge in [-0.25, -0.2) is 0 Å². The molecule has 1 aromatic carbocycles. The third kappa shape index (κ3) is 4.00. The smallest absolute Gasteiger partial charge is 0.0317 e. The van der Waals surface area contributed by atoms with Crippen molar-refractivity contribution < 1.29 is 0 Å². The van der Waals surface area contributed by atoms with E-state index in [-0.39, 0.29) is 0 Å². The van der Waals surface area contributed by atoms with E-state index >= 15 is 0 Å². The zero-order chi connectivity index (χ0) is 11.1. The monoisotopic (exact) mass is 202 g/mol. The number of benzene rings is 1.